The number of hydrogen-bond acceptors (Lipinski definition) is 2. The van der Waals surface area contributed by atoms with Crippen molar-refractivity contribution in [3.05, 3.63) is 0 Å². The van der Waals surface area contributed by atoms with E-state index in [0.717, 1.165) is 18.2 Å². The Kier molecular flexibility index (Phi) is 11.6. The van der Waals surface area contributed by atoms with Crippen LogP contribution < -0.4 is 10.6 Å². The molecule has 0 aromatic rings. The van der Waals surface area contributed by atoms with Crippen LogP contribution in [-0.2, 0) is 0 Å². The van der Waals surface area contributed by atoms with Gasteiger partial charge in [-0.3, -0.25) is 0 Å². The van der Waals surface area contributed by atoms with E-state index in [-0.39, 0.29) is 0 Å². The van der Waals surface area contributed by atoms with Crippen molar-refractivity contribution in [2.45, 2.75) is 39.5 Å². The fourth-order valence-corrected chi connectivity index (χ4v) is 1.96. The minimum Gasteiger partial charge on any atom is -0.363 e. The van der Waals surface area contributed by atoms with Crippen molar-refractivity contribution in [3.8, 4) is 0 Å². The molecule has 0 heterocycles. The maximum atomic E-state index is 5.17. The summed E-state index contributed by atoms with van der Waals surface area (Å²) in [4.78, 5) is 0. The Morgan fingerprint density at radius 2 is 1.81 bits per heavy atom. The number of rotatable bonds is 9. The lowest BCUT2D eigenvalue weighted by molar-refractivity contribution is 0.611. The summed E-state index contributed by atoms with van der Waals surface area (Å²) >= 11 is 7.10. The Bertz CT molecular complexity index is 172. The predicted molar refractivity (Wildman–Crippen MR) is 80.3 cm³/mol. The van der Waals surface area contributed by atoms with Gasteiger partial charge in [-0.15, -0.1) is 0 Å². The first-order valence-electron chi connectivity index (χ1n) is 6.17. The number of thioether (sulfide) groups is 1. The molecule has 0 unspecified atom stereocenters. The zero-order valence-electron chi connectivity index (χ0n) is 10.8. The molecule has 2 nitrogen and oxygen atoms in total. The van der Waals surface area contributed by atoms with Gasteiger partial charge in [-0.05, 0) is 43.0 Å². The fourth-order valence-electron chi connectivity index (χ4n) is 1.29. The van der Waals surface area contributed by atoms with Gasteiger partial charge in [0.2, 0.25) is 0 Å². The third-order valence-electron chi connectivity index (χ3n) is 2.23. The molecular weight excluding hydrogens is 236 g/mol. The second-order valence-corrected chi connectivity index (χ2v) is 5.83. The lowest BCUT2D eigenvalue weighted by Crippen LogP contribution is -2.37. The standard InChI is InChI=1S/C12H26N2S2/c1-11(2)10-14-12(15)13-8-6-4-5-7-9-16-3/h11H,4-10H2,1-3H3,(H2,13,14,15). The van der Waals surface area contributed by atoms with Gasteiger partial charge in [0.05, 0.1) is 0 Å². The van der Waals surface area contributed by atoms with E-state index in [1.165, 1.54) is 31.4 Å². The summed E-state index contributed by atoms with van der Waals surface area (Å²) in [6.07, 6.45) is 7.38. The molecule has 0 aliphatic carbocycles. The maximum Gasteiger partial charge on any atom is 0.166 e. The summed E-state index contributed by atoms with van der Waals surface area (Å²) in [5.74, 6) is 1.94. The van der Waals surface area contributed by atoms with E-state index in [1.807, 2.05) is 11.8 Å². The van der Waals surface area contributed by atoms with E-state index in [4.69, 9.17) is 12.2 Å². The van der Waals surface area contributed by atoms with Gasteiger partial charge in [0, 0.05) is 13.1 Å². The van der Waals surface area contributed by atoms with Gasteiger partial charge in [0.25, 0.3) is 0 Å². The highest BCUT2D eigenvalue weighted by molar-refractivity contribution is 7.98. The predicted octanol–water partition coefficient (Wildman–Crippen LogP) is 3.03. The Hall–Kier alpha value is 0.0400. The van der Waals surface area contributed by atoms with Crippen LogP contribution in [0.3, 0.4) is 0 Å². The van der Waals surface area contributed by atoms with Crippen molar-refractivity contribution in [2.75, 3.05) is 25.1 Å². The third-order valence-corrected chi connectivity index (χ3v) is 3.22. The number of hydrogen-bond donors (Lipinski definition) is 2. The van der Waals surface area contributed by atoms with Crippen molar-refractivity contribution in [2.24, 2.45) is 5.92 Å². The molecule has 0 atom stereocenters. The van der Waals surface area contributed by atoms with Crippen molar-refractivity contribution in [1.29, 1.82) is 0 Å². The zero-order valence-corrected chi connectivity index (χ0v) is 12.5. The zero-order chi connectivity index (χ0) is 12.2. The average Bonchev–Trinajstić information content (AvgIpc) is 2.25. The highest BCUT2D eigenvalue weighted by Gasteiger charge is 1.96. The number of nitrogens with one attached hydrogen (secondary N) is 2. The molecule has 0 spiro atoms. The van der Waals surface area contributed by atoms with Gasteiger partial charge < -0.3 is 10.6 Å². The van der Waals surface area contributed by atoms with E-state index in [2.05, 4.69) is 30.7 Å². The number of unbranched alkanes of at least 4 members (excludes halogenated alkanes) is 3. The maximum absolute atomic E-state index is 5.17. The molecular formula is C12H26N2S2. The van der Waals surface area contributed by atoms with E-state index in [0.29, 0.717) is 5.92 Å². The molecule has 0 radical (unpaired) electrons. The fraction of sp³-hybridized carbons (Fsp3) is 0.917. The smallest absolute Gasteiger partial charge is 0.166 e. The number of thiocarbonyl (C=S) groups is 1. The molecule has 4 heteroatoms. The first-order valence-corrected chi connectivity index (χ1v) is 7.97. The third kappa shape index (κ3) is 12.1. The largest absolute Gasteiger partial charge is 0.363 e. The lowest BCUT2D eigenvalue weighted by Gasteiger charge is -2.11. The Morgan fingerprint density at radius 3 is 2.44 bits per heavy atom. The van der Waals surface area contributed by atoms with Gasteiger partial charge in [-0.25, -0.2) is 0 Å². The van der Waals surface area contributed by atoms with Crippen molar-refractivity contribution >= 4 is 29.1 Å². The topological polar surface area (TPSA) is 24.1 Å². The first-order chi connectivity index (χ1) is 7.66. The first kappa shape index (κ1) is 16.0. The molecule has 0 aliphatic rings. The van der Waals surface area contributed by atoms with Crippen LogP contribution in [-0.4, -0.2) is 30.2 Å². The highest BCUT2D eigenvalue weighted by atomic mass is 32.2. The molecule has 0 aromatic carbocycles. The second kappa shape index (κ2) is 11.5. The van der Waals surface area contributed by atoms with Gasteiger partial charge in [0.1, 0.15) is 0 Å². The lowest BCUT2D eigenvalue weighted by atomic mass is 10.2. The molecule has 0 saturated carbocycles. The van der Waals surface area contributed by atoms with E-state index in [1.54, 1.807) is 0 Å². The van der Waals surface area contributed by atoms with E-state index in [9.17, 15) is 0 Å². The molecule has 2 N–H and O–H groups in total. The van der Waals surface area contributed by atoms with Crippen LogP contribution in [0.1, 0.15) is 39.5 Å². The van der Waals surface area contributed by atoms with Crippen LogP contribution in [0.4, 0.5) is 0 Å². The second-order valence-electron chi connectivity index (χ2n) is 4.44. The molecule has 0 saturated heterocycles. The Labute approximate surface area is 110 Å². The summed E-state index contributed by atoms with van der Waals surface area (Å²) in [7, 11) is 0. The van der Waals surface area contributed by atoms with Crippen LogP contribution in [0.25, 0.3) is 0 Å². The molecule has 0 amide bonds. The summed E-state index contributed by atoms with van der Waals surface area (Å²) in [6.45, 7) is 6.32. The van der Waals surface area contributed by atoms with Crippen molar-refractivity contribution < 1.29 is 0 Å². The van der Waals surface area contributed by atoms with Crippen LogP contribution in [0.2, 0.25) is 0 Å². The Balaban J connectivity index is 3.15. The monoisotopic (exact) mass is 262 g/mol. The molecule has 16 heavy (non-hydrogen) atoms. The highest BCUT2D eigenvalue weighted by Crippen LogP contribution is 2.03. The summed E-state index contributed by atoms with van der Waals surface area (Å²) < 4.78 is 0. The SMILES string of the molecule is CSCCCCCCNC(=S)NCC(C)C. The minimum absolute atomic E-state index is 0.645. The summed E-state index contributed by atoms with van der Waals surface area (Å²) in [5, 5.41) is 7.26. The van der Waals surface area contributed by atoms with E-state index < -0.39 is 0 Å². The van der Waals surface area contributed by atoms with E-state index >= 15 is 0 Å². The van der Waals surface area contributed by atoms with Crippen molar-refractivity contribution in [1.82, 2.24) is 10.6 Å². The molecule has 0 fully saturated rings. The molecule has 0 aliphatic heterocycles. The molecule has 96 valence electrons. The van der Waals surface area contributed by atoms with Crippen LogP contribution in [0.15, 0.2) is 0 Å². The van der Waals surface area contributed by atoms with Gasteiger partial charge in [-0.2, -0.15) is 11.8 Å². The Morgan fingerprint density at radius 1 is 1.12 bits per heavy atom. The van der Waals surface area contributed by atoms with Crippen LogP contribution in [0, 0.1) is 5.92 Å². The van der Waals surface area contributed by atoms with Gasteiger partial charge >= 0.3 is 0 Å². The van der Waals surface area contributed by atoms with Crippen molar-refractivity contribution in [3.63, 3.8) is 0 Å². The molecule has 0 rings (SSSR count). The quantitative estimate of drug-likeness (QED) is 0.493. The summed E-state index contributed by atoms with van der Waals surface area (Å²) in [5.41, 5.74) is 0. The van der Waals surface area contributed by atoms with Crippen LogP contribution >= 0.6 is 24.0 Å². The normalized spacial score (nSPS) is 10.5. The van der Waals surface area contributed by atoms with Gasteiger partial charge in [0.15, 0.2) is 5.11 Å². The average molecular weight is 262 g/mol. The van der Waals surface area contributed by atoms with Gasteiger partial charge in [-0.1, -0.05) is 26.7 Å². The molecule has 0 bridgehead atoms. The minimum atomic E-state index is 0.645. The summed E-state index contributed by atoms with van der Waals surface area (Å²) in [6, 6.07) is 0. The molecule has 0 aromatic heterocycles. The van der Waals surface area contributed by atoms with Crippen LogP contribution in [0.5, 0.6) is 0 Å².